The summed E-state index contributed by atoms with van der Waals surface area (Å²) in [5.74, 6) is 0. The molecular formula is C31H44N4OY-2. The van der Waals surface area contributed by atoms with Gasteiger partial charge in [-0.15, -0.1) is 25.7 Å². The van der Waals surface area contributed by atoms with Gasteiger partial charge in [0, 0.05) is 52.8 Å². The van der Waals surface area contributed by atoms with Crippen LogP contribution in [0.15, 0.2) is 79.0 Å². The summed E-state index contributed by atoms with van der Waals surface area (Å²) in [7, 11) is 3.89. The van der Waals surface area contributed by atoms with E-state index in [0.717, 1.165) is 49.9 Å². The van der Waals surface area contributed by atoms with Crippen molar-refractivity contribution in [3.8, 4) is 0 Å². The summed E-state index contributed by atoms with van der Waals surface area (Å²) in [6, 6.07) is 20.9. The summed E-state index contributed by atoms with van der Waals surface area (Å²) in [5.41, 5.74) is 9.68. The first-order chi connectivity index (χ1) is 17.3. The van der Waals surface area contributed by atoms with E-state index in [2.05, 4.69) is 48.7 Å². The maximum Gasteiger partial charge on any atom is 0.143 e. The van der Waals surface area contributed by atoms with Crippen LogP contribution in [0.5, 0.6) is 0 Å². The van der Waals surface area contributed by atoms with Gasteiger partial charge in [-0.25, -0.2) is 0 Å². The predicted molar refractivity (Wildman–Crippen MR) is 154 cm³/mol. The third-order valence-electron chi connectivity index (χ3n) is 6.18. The molecule has 199 valence electrons. The number of carbonyl (C=O) groups is 1. The average molecular weight is 578 g/mol. The summed E-state index contributed by atoms with van der Waals surface area (Å²) in [4.78, 5) is 12.4. The van der Waals surface area contributed by atoms with Crippen molar-refractivity contribution in [1.82, 2.24) is 4.90 Å². The number of benzene rings is 2. The Bertz CT molecular complexity index is 921. The van der Waals surface area contributed by atoms with Crippen molar-refractivity contribution in [3.05, 3.63) is 101 Å². The van der Waals surface area contributed by atoms with Gasteiger partial charge in [-0.05, 0) is 29.5 Å². The molecule has 0 aliphatic carbocycles. The molecule has 1 radical (unpaired) electrons. The molecule has 0 amide bonds. The van der Waals surface area contributed by atoms with Crippen LogP contribution in [-0.2, 0) is 37.5 Å². The Morgan fingerprint density at radius 3 is 2.16 bits per heavy atom. The Kier molecular flexibility index (Phi) is 16.8. The molecule has 0 bridgehead atoms. The van der Waals surface area contributed by atoms with Crippen LogP contribution in [0.3, 0.4) is 0 Å². The molecular weight excluding hydrogens is 533 g/mol. The minimum absolute atomic E-state index is 0. The summed E-state index contributed by atoms with van der Waals surface area (Å²) in [6.07, 6.45) is 10.9. The smallest absolute Gasteiger partial charge is 0.143 e. The second-order valence-electron chi connectivity index (χ2n) is 10.4. The Labute approximate surface area is 250 Å². The number of rotatable bonds is 5. The van der Waals surface area contributed by atoms with Gasteiger partial charge in [-0.2, -0.15) is 0 Å². The van der Waals surface area contributed by atoms with E-state index in [1.807, 2.05) is 67.7 Å². The fraction of sp³-hybridized carbons (Fsp3) is 0.452. The van der Waals surface area contributed by atoms with Gasteiger partial charge in [0.2, 0.25) is 0 Å². The van der Waals surface area contributed by atoms with Gasteiger partial charge in [0.1, 0.15) is 6.29 Å². The second-order valence-corrected chi connectivity index (χ2v) is 10.4. The summed E-state index contributed by atoms with van der Waals surface area (Å²) in [6.45, 7) is 7.67. The molecule has 2 fully saturated rings. The van der Waals surface area contributed by atoms with Gasteiger partial charge in [-0.1, -0.05) is 111 Å². The van der Waals surface area contributed by atoms with Crippen LogP contribution in [-0.4, -0.2) is 51.0 Å². The van der Waals surface area contributed by atoms with Crippen LogP contribution in [0.25, 0.3) is 16.2 Å². The number of piperidine rings is 2. The maximum absolute atomic E-state index is 10.5. The van der Waals surface area contributed by atoms with Crippen molar-refractivity contribution in [1.29, 1.82) is 0 Å². The third kappa shape index (κ3) is 14.2. The molecule has 0 aromatic heterocycles. The maximum atomic E-state index is 10.5. The first-order valence-corrected chi connectivity index (χ1v) is 13.0. The Hall–Kier alpha value is -1.63. The van der Waals surface area contributed by atoms with Gasteiger partial charge < -0.3 is 21.3 Å². The number of hydrogen-bond donors (Lipinski definition) is 1. The summed E-state index contributed by atoms with van der Waals surface area (Å²) >= 11 is 0. The van der Waals surface area contributed by atoms with Gasteiger partial charge in [0.25, 0.3) is 0 Å². The van der Waals surface area contributed by atoms with Crippen LogP contribution in [0.2, 0.25) is 0 Å². The molecule has 0 saturated carbocycles. The van der Waals surface area contributed by atoms with E-state index in [-0.39, 0.29) is 32.7 Å². The number of allylic oxidation sites excluding steroid dienone is 3. The topological polar surface area (TPSA) is 74.5 Å². The summed E-state index contributed by atoms with van der Waals surface area (Å²) in [5, 5.41) is 8.90. The molecule has 2 atom stereocenters. The number of carbonyl (C=O) groups excluding carboxylic acids is 1. The molecule has 2 heterocycles. The van der Waals surface area contributed by atoms with Gasteiger partial charge >= 0.3 is 0 Å². The number of hydrogen-bond acceptors (Lipinski definition) is 3. The Balaban J connectivity index is 0.000000285. The molecule has 2 aliphatic heterocycles. The van der Waals surface area contributed by atoms with Crippen LogP contribution in [0.1, 0.15) is 56.7 Å². The molecule has 6 heteroatoms. The van der Waals surface area contributed by atoms with E-state index in [1.165, 1.54) is 18.4 Å². The quantitative estimate of drug-likeness (QED) is 0.243. The predicted octanol–water partition coefficient (Wildman–Crippen LogP) is 6.74. The van der Waals surface area contributed by atoms with Crippen molar-refractivity contribution in [2.24, 2.45) is 11.1 Å². The fourth-order valence-corrected chi connectivity index (χ4v) is 4.10. The van der Waals surface area contributed by atoms with Gasteiger partial charge in [0.15, 0.2) is 0 Å². The first kappa shape index (κ1) is 33.4. The van der Waals surface area contributed by atoms with E-state index >= 15 is 0 Å². The molecule has 5 nitrogen and oxygen atoms in total. The average Bonchev–Trinajstić information content (AvgIpc) is 2.88. The molecule has 2 saturated heterocycles. The number of nitrogens with two attached hydrogens (primary N) is 1. The van der Waals surface area contributed by atoms with Crippen molar-refractivity contribution in [2.75, 3.05) is 33.7 Å². The Morgan fingerprint density at radius 1 is 1.03 bits per heavy atom. The van der Waals surface area contributed by atoms with E-state index < -0.39 is 0 Å². The Morgan fingerprint density at radius 2 is 1.68 bits per heavy atom. The molecule has 2 unspecified atom stereocenters. The molecule has 37 heavy (non-hydrogen) atoms. The van der Waals surface area contributed by atoms with E-state index in [1.54, 1.807) is 6.08 Å². The van der Waals surface area contributed by atoms with Crippen LogP contribution in [0.4, 0.5) is 0 Å². The molecule has 0 spiro atoms. The normalized spacial score (nSPS) is 20.8. The number of nitrogens with zero attached hydrogens (tertiary/aromatic N) is 3. The zero-order chi connectivity index (χ0) is 26.2. The molecule has 2 aliphatic rings. The van der Waals surface area contributed by atoms with E-state index in [9.17, 15) is 4.79 Å². The molecule has 2 N–H and O–H groups in total. The van der Waals surface area contributed by atoms with Crippen molar-refractivity contribution < 1.29 is 37.5 Å². The minimum Gasteiger partial charge on any atom is -0.662 e. The zero-order valence-corrected chi connectivity index (χ0v) is 25.9. The van der Waals surface area contributed by atoms with Crippen molar-refractivity contribution in [3.63, 3.8) is 0 Å². The largest absolute Gasteiger partial charge is 0.662 e. The molecule has 4 rings (SSSR count). The SMILES string of the molecule is CC1(C)CCC[N-]C1.CN(C)/C=C\C(=C/C=O)c1ccccc1.NC1CC[N-]C(c2ccccc2)C1.[Y]. The first-order valence-electron chi connectivity index (χ1n) is 13.0. The van der Waals surface area contributed by atoms with Crippen LogP contribution >= 0.6 is 0 Å². The number of aldehydes is 1. The van der Waals surface area contributed by atoms with Crippen molar-refractivity contribution in [2.45, 2.75) is 51.6 Å². The van der Waals surface area contributed by atoms with Gasteiger partial charge in [0.05, 0.1) is 0 Å². The van der Waals surface area contributed by atoms with Gasteiger partial charge in [-0.3, -0.25) is 4.79 Å². The standard InChI is InChI=1S/C13H15NO.C11H15N2.C7H14N.Y/c1-14(2)10-8-13(9-11-15)12-6-4-3-5-7-12;12-10-6-7-13-11(8-10)9-4-2-1-3-5-9;1-7(2)4-3-5-8-6-7;/h3-11H,1-2H3;1-5,10-11H,6-8,12H2;3-6H2,1-2H3;/q;2*-1;/b10-8-,13-9+;;;. The zero-order valence-electron chi connectivity index (χ0n) is 23.1. The minimum atomic E-state index is 0. The van der Waals surface area contributed by atoms with Crippen molar-refractivity contribution >= 4 is 11.9 Å². The van der Waals surface area contributed by atoms with E-state index in [0.29, 0.717) is 17.5 Å². The van der Waals surface area contributed by atoms with Crippen LogP contribution < -0.4 is 5.73 Å². The van der Waals surface area contributed by atoms with Crippen LogP contribution in [0, 0.1) is 5.41 Å². The fourth-order valence-electron chi connectivity index (χ4n) is 4.10. The van der Waals surface area contributed by atoms with E-state index in [4.69, 9.17) is 5.73 Å². The third-order valence-corrected chi connectivity index (χ3v) is 6.18. The monoisotopic (exact) mass is 577 g/mol. The molecule has 2 aromatic rings. The summed E-state index contributed by atoms with van der Waals surface area (Å²) < 4.78 is 0. The second kappa shape index (κ2) is 18.6. The molecule has 2 aromatic carbocycles.